The lowest BCUT2D eigenvalue weighted by atomic mass is 10.0. The minimum atomic E-state index is -0.756. The number of aliphatic hydroxyl groups is 2. The van der Waals surface area contributed by atoms with Crippen LogP contribution >= 0.6 is 0 Å². The molecule has 0 radical (unpaired) electrons. The van der Waals surface area contributed by atoms with E-state index in [9.17, 15) is 10.2 Å². The second kappa shape index (κ2) is 16.1. The van der Waals surface area contributed by atoms with E-state index < -0.39 is 18.2 Å². The fourth-order valence-electron chi connectivity index (χ4n) is 2.80. The Morgan fingerprint density at radius 1 is 0.870 bits per heavy atom. The summed E-state index contributed by atoms with van der Waals surface area (Å²) in [4.78, 5) is 2.68. The van der Waals surface area contributed by atoms with Gasteiger partial charge in [0.15, 0.2) is 0 Å². The molecular weight excluding hydrogens is 290 g/mol. The van der Waals surface area contributed by atoms with Crippen molar-refractivity contribution in [2.75, 3.05) is 0 Å². The summed E-state index contributed by atoms with van der Waals surface area (Å²) >= 11 is 0. The molecule has 0 fully saturated rings. The third kappa shape index (κ3) is 14.5. The SMILES string of the molecule is CCCCCCCCCCCCC[C@H](O)C[C@H](O)[C@H](C)N=[N+]=[N-]. The summed E-state index contributed by atoms with van der Waals surface area (Å²) in [5, 5.41) is 23.1. The summed E-state index contributed by atoms with van der Waals surface area (Å²) < 4.78 is 0. The summed E-state index contributed by atoms with van der Waals surface area (Å²) in [5.41, 5.74) is 8.32. The fourth-order valence-corrected chi connectivity index (χ4v) is 2.80. The zero-order valence-electron chi connectivity index (χ0n) is 15.2. The van der Waals surface area contributed by atoms with Crippen LogP contribution in [0, 0.1) is 0 Å². The summed E-state index contributed by atoms with van der Waals surface area (Å²) in [6.45, 7) is 3.91. The van der Waals surface area contributed by atoms with Crippen molar-refractivity contribution in [1.29, 1.82) is 0 Å². The second-order valence-corrected chi connectivity index (χ2v) is 6.73. The van der Waals surface area contributed by atoms with E-state index in [0.29, 0.717) is 0 Å². The highest BCUT2D eigenvalue weighted by Crippen LogP contribution is 2.15. The molecule has 0 aromatic heterocycles. The van der Waals surface area contributed by atoms with Crippen LogP contribution in [0.25, 0.3) is 10.4 Å². The van der Waals surface area contributed by atoms with E-state index in [2.05, 4.69) is 16.9 Å². The predicted octanol–water partition coefficient (Wildman–Crippen LogP) is 5.50. The molecule has 0 aliphatic heterocycles. The Hall–Kier alpha value is -0.770. The van der Waals surface area contributed by atoms with Gasteiger partial charge in [-0.25, -0.2) is 0 Å². The molecule has 0 spiro atoms. The van der Waals surface area contributed by atoms with Crippen molar-refractivity contribution in [3.05, 3.63) is 10.4 Å². The largest absolute Gasteiger partial charge is 0.393 e. The Bertz CT molecular complexity index is 307. The number of rotatable bonds is 16. The number of azide groups is 1. The highest BCUT2D eigenvalue weighted by atomic mass is 16.3. The van der Waals surface area contributed by atoms with Crippen LogP contribution in [0.3, 0.4) is 0 Å². The van der Waals surface area contributed by atoms with E-state index in [1.807, 2.05) is 0 Å². The Balaban J connectivity index is 3.38. The first-order valence-electron chi connectivity index (χ1n) is 9.52. The smallest absolute Gasteiger partial charge is 0.0646 e. The van der Waals surface area contributed by atoms with Gasteiger partial charge in [0, 0.05) is 4.91 Å². The van der Waals surface area contributed by atoms with Crippen molar-refractivity contribution < 1.29 is 10.2 Å². The zero-order valence-corrected chi connectivity index (χ0v) is 15.2. The Kier molecular flexibility index (Phi) is 15.6. The lowest BCUT2D eigenvalue weighted by molar-refractivity contribution is 0.0630. The molecule has 0 aromatic carbocycles. The normalized spacial score (nSPS) is 15.0. The van der Waals surface area contributed by atoms with Crippen LogP contribution < -0.4 is 0 Å². The Morgan fingerprint density at radius 3 is 1.83 bits per heavy atom. The maximum absolute atomic E-state index is 9.89. The van der Waals surface area contributed by atoms with Crippen LogP contribution in [-0.2, 0) is 0 Å². The first kappa shape index (κ1) is 22.2. The average Bonchev–Trinajstić information content (AvgIpc) is 2.52. The molecule has 0 aliphatic rings. The van der Waals surface area contributed by atoms with E-state index in [1.165, 1.54) is 57.8 Å². The molecule has 0 aliphatic carbocycles. The minimum absolute atomic E-state index is 0.290. The summed E-state index contributed by atoms with van der Waals surface area (Å²) in [5.74, 6) is 0. The van der Waals surface area contributed by atoms with Gasteiger partial charge in [0.1, 0.15) is 0 Å². The van der Waals surface area contributed by atoms with E-state index in [0.717, 1.165) is 19.3 Å². The second-order valence-electron chi connectivity index (χ2n) is 6.73. The molecule has 0 amide bonds. The topological polar surface area (TPSA) is 89.2 Å². The monoisotopic (exact) mass is 327 g/mol. The number of unbranched alkanes of at least 4 members (excludes halogenated alkanes) is 10. The van der Waals surface area contributed by atoms with Gasteiger partial charge in [-0.05, 0) is 18.4 Å². The van der Waals surface area contributed by atoms with E-state index in [1.54, 1.807) is 6.92 Å². The number of hydrogen-bond acceptors (Lipinski definition) is 3. The molecule has 2 N–H and O–H groups in total. The molecule has 0 heterocycles. The lowest BCUT2D eigenvalue weighted by Gasteiger charge is -2.18. The fraction of sp³-hybridized carbons (Fsp3) is 1.00. The van der Waals surface area contributed by atoms with Gasteiger partial charge in [-0.15, -0.1) is 0 Å². The molecule has 0 saturated carbocycles. The molecular formula is C18H37N3O2. The maximum Gasteiger partial charge on any atom is 0.0646 e. The standard InChI is InChI=1S/C18H37N3O2/c1-3-4-5-6-7-8-9-10-11-12-13-14-17(22)15-18(23)16(2)20-21-19/h16-18,22-23H,3-15H2,1-2H3/t16-,17-,18-/m0/s1. The molecule has 0 unspecified atom stereocenters. The molecule has 0 saturated heterocycles. The van der Waals surface area contributed by atoms with Crippen molar-refractivity contribution in [3.8, 4) is 0 Å². The van der Waals surface area contributed by atoms with Crippen molar-refractivity contribution in [1.82, 2.24) is 0 Å². The minimum Gasteiger partial charge on any atom is -0.393 e. The highest BCUT2D eigenvalue weighted by Gasteiger charge is 2.16. The summed E-state index contributed by atoms with van der Waals surface area (Å²) in [6, 6.07) is -0.480. The number of hydrogen-bond donors (Lipinski definition) is 2. The van der Waals surface area contributed by atoms with Crippen molar-refractivity contribution in [3.63, 3.8) is 0 Å². The van der Waals surface area contributed by atoms with Crippen LogP contribution in [0.5, 0.6) is 0 Å². The van der Waals surface area contributed by atoms with Crippen molar-refractivity contribution >= 4 is 0 Å². The average molecular weight is 328 g/mol. The Labute approximate surface area is 142 Å². The van der Waals surface area contributed by atoms with Gasteiger partial charge in [0.05, 0.1) is 18.2 Å². The summed E-state index contributed by atoms with van der Waals surface area (Å²) in [6.07, 6.45) is 14.0. The quantitative estimate of drug-likeness (QED) is 0.170. The van der Waals surface area contributed by atoms with E-state index >= 15 is 0 Å². The lowest BCUT2D eigenvalue weighted by Crippen LogP contribution is -2.26. The number of aliphatic hydroxyl groups excluding tert-OH is 2. The van der Waals surface area contributed by atoms with Crippen LogP contribution in [0.15, 0.2) is 5.11 Å². The molecule has 0 aromatic rings. The highest BCUT2D eigenvalue weighted by molar-refractivity contribution is 4.74. The Morgan fingerprint density at radius 2 is 1.35 bits per heavy atom. The van der Waals surface area contributed by atoms with Gasteiger partial charge in [-0.2, -0.15) is 0 Å². The first-order valence-corrected chi connectivity index (χ1v) is 9.52. The van der Waals surface area contributed by atoms with Crippen LogP contribution in [0.4, 0.5) is 0 Å². The van der Waals surface area contributed by atoms with Gasteiger partial charge >= 0.3 is 0 Å². The summed E-state index contributed by atoms with van der Waals surface area (Å²) in [7, 11) is 0. The van der Waals surface area contributed by atoms with Gasteiger partial charge in [0.2, 0.25) is 0 Å². The molecule has 0 bridgehead atoms. The van der Waals surface area contributed by atoms with E-state index in [4.69, 9.17) is 5.53 Å². The first-order chi connectivity index (χ1) is 11.1. The zero-order chi connectivity index (χ0) is 17.3. The van der Waals surface area contributed by atoms with Crippen molar-refractivity contribution in [2.24, 2.45) is 5.11 Å². The molecule has 23 heavy (non-hydrogen) atoms. The number of nitrogens with zero attached hydrogens (tertiary/aromatic N) is 3. The third-order valence-corrected chi connectivity index (χ3v) is 4.45. The van der Waals surface area contributed by atoms with Crippen molar-refractivity contribution in [2.45, 2.75) is 116 Å². The molecule has 5 nitrogen and oxygen atoms in total. The van der Waals surface area contributed by atoms with Crippen LogP contribution in [0.1, 0.15) is 97.3 Å². The van der Waals surface area contributed by atoms with Gasteiger partial charge < -0.3 is 10.2 Å². The van der Waals surface area contributed by atoms with Crippen LogP contribution in [0.2, 0.25) is 0 Å². The predicted molar refractivity (Wildman–Crippen MR) is 96.3 cm³/mol. The maximum atomic E-state index is 9.89. The molecule has 136 valence electrons. The molecule has 3 atom stereocenters. The molecule has 0 rings (SSSR count). The third-order valence-electron chi connectivity index (χ3n) is 4.45. The van der Waals surface area contributed by atoms with Gasteiger partial charge in [0.25, 0.3) is 0 Å². The van der Waals surface area contributed by atoms with Gasteiger partial charge in [-0.1, -0.05) is 89.6 Å². The van der Waals surface area contributed by atoms with Gasteiger partial charge in [-0.3, -0.25) is 0 Å². The van der Waals surface area contributed by atoms with Crippen LogP contribution in [-0.4, -0.2) is 28.5 Å². The molecule has 5 heteroatoms. The van der Waals surface area contributed by atoms with E-state index in [-0.39, 0.29) is 6.42 Å².